The van der Waals surface area contributed by atoms with Crippen LogP contribution in [0, 0.1) is 6.20 Å². The Morgan fingerprint density at radius 3 is 3.12 bits per heavy atom. The summed E-state index contributed by atoms with van der Waals surface area (Å²) in [5.41, 5.74) is 2.45. The average Bonchev–Trinajstić information content (AvgIpc) is 1.64. The Labute approximate surface area is 51.5 Å². The summed E-state index contributed by atoms with van der Waals surface area (Å²) in [7, 11) is 0. The molecular weight excluding hydrogens is 128 g/mol. The van der Waals surface area contributed by atoms with E-state index in [1.54, 1.807) is 0 Å². The summed E-state index contributed by atoms with van der Waals surface area (Å²) >= 11 is 5.38. The SMILES string of the molecule is NN1N=C(Cl)C=[C]N1. The maximum atomic E-state index is 5.38. The number of nitrogens with one attached hydrogen (secondary N) is 1. The lowest BCUT2D eigenvalue weighted by Gasteiger charge is -2.12. The van der Waals surface area contributed by atoms with Crippen molar-refractivity contribution in [3.05, 3.63) is 12.3 Å². The summed E-state index contributed by atoms with van der Waals surface area (Å²) < 4.78 is 0. The van der Waals surface area contributed by atoms with E-state index < -0.39 is 0 Å². The molecule has 3 N–H and O–H groups in total. The van der Waals surface area contributed by atoms with Crippen molar-refractivity contribution < 1.29 is 0 Å². The van der Waals surface area contributed by atoms with Crippen molar-refractivity contribution in [3.63, 3.8) is 0 Å². The number of hydrazone groups is 1. The van der Waals surface area contributed by atoms with E-state index in [0.29, 0.717) is 5.17 Å². The molecule has 1 aliphatic rings. The van der Waals surface area contributed by atoms with Gasteiger partial charge in [0.05, 0.1) is 6.20 Å². The van der Waals surface area contributed by atoms with E-state index in [1.807, 2.05) is 0 Å². The predicted molar refractivity (Wildman–Crippen MR) is 30.3 cm³/mol. The van der Waals surface area contributed by atoms with E-state index in [2.05, 4.69) is 16.7 Å². The number of nitrogens with zero attached hydrogens (tertiary/aromatic N) is 2. The van der Waals surface area contributed by atoms with Crippen molar-refractivity contribution >= 4 is 16.8 Å². The highest BCUT2D eigenvalue weighted by Gasteiger charge is 1.96. The largest absolute Gasteiger partial charge is 0.265 e. The van der Waals surface area contributed by atoms with Crippen molar-refractivity contribution in [3.8, 4) is 0 Å². The van der Waals surface area contributed by atoms with Crippen LogP contribution >= 0.6 is 11.6 Å². The van der Waals surface area contributed by atoms with Gasteiger partial charge < -0.3 is 0 Å². The molecule has 0 saturated heterocycles. The highest BCUT2D eigenvalue weighted by Crippen LogP contribution is 1.91. The molecule has 0 unspecified atom stereocenters. The second kappa shape index (κ2) is 2.02. The van der Waals surface area contributed by atoms with Crippen LogP contribution in [-0.4, -0.2) is 10.4 Å². The third-order valence-electron chi connectivity index (χ3n) is 0.574. The molecule has 43 valence electrons. The molecule has 8 heavy (non-hydrogen) atoms. The second-order valence-corrected chi connectivity index (χ2v) is 1.56. The van der Waals surface area contributed by atoms with Crippen LogP contribution in [0.1, 0.15) is 0 Å². The Morgan fingerprint density at radius 1 is 2.00 bits per heavy atom. The van der Waals surface area contributed by atoms with Crippen molar-refractivity contribution in [1.29, 1.82) is 0 Å². The van der Waals surface area contributed by atoms with Gasteiger partial charge >= 0.3 is 0 Å². The van der Waals surface area contributed by atoms with Gasteiger partial charge in [-0.1, -0.05) is 11.6 Å². The van der Waals surface area contributed by atoms with Crippen molar-refractivity contribution in [2.24, 2.45) is 10.9 Å². The Kier molecular flexibility index (Phi) is 1.36. The Hall–Kier alpha value is -0.740. The average molecular weight is 132 g/mol. The zero-order valence-electron chi connectivity index (χ0n) is 3.93. The Balaban J connectivity index is 2.63. The fraction of sp³-hybridized carbons (Fsp3) is 0. The lowest BCUT2D eigenvalue weighted by molar-refractivity contribution is 0.231. The highest BCUT2D eigenvalue weighted by molar-refractivity contribution is 6.68. The number of hydrazine groups is 2. The van der Waals surface area contributed by atoms with Crippen molar-refractivity contribution in [2.75, 3.05) is 0 Å². The minimum atomic E-state index is 0.311. The van der Waals surface area contributed by atoms with Crippen LogP contribution in [0.2, 0.25) is 0 Å². The summed E-state index contributed by atoms with van der Waals surface area (Å²) in [6, 6.07) is 0. The minimum absolute atomic E-state index is 0.311. The van der Waals surface area contributed by atoms with E-state index in [9.17, 15) is 0 Å². The molecular formula is C3H4ClN4. The number of nitrogens with two attached hydrogens (primary N) is 1. The van der Waals surface area contributed by atoms with Gasteiger partial charge in [-0.25, -0.2) is 5.84 Å². The molecule has 0 aromatic carbocycles. The first-order valence-electron chi connectivity index (χ1n) is 1.92. The Bertz CT molecular complexity index is 140. The molecule has 1 rings (SSSR count). The summed E-state index contributed by atoms with van der Waals surface area (Å²) in [5, 5.41) is 4.83. The van der Waals surface area contributed by atoms with Gasteiger partial charge in [0, 0.05) is 6.08 Å². The van der Waals surface area contributed by atoms with Crippen LogP contribution in [0.15, 0.2) is 11.2 Å². The zero-order chi connectivity index (χ0) is 5.98. The smallest absolute Gasteiger partial charge is 0.154 e. The molecule has 0 saturated carbocycles. The van der Waals surface area contributed by atoms with E-state index in [4.69, 9.17) is 17.4 Å². The van der Waals surface area contributed by atoms with Crippen LogP contribution < -0.4 is 11.3 Å². The van der Waals surface area contributed by atoms with Crippen LogP contribution in [0.25, 0.3) is 0 Å². The van der Waals surface area contributed by atoms with Gasteiger partial charge in [0.25, 0.3) is 0 Å². The van der Waals surface area contributed by atoms with E-state index >= 15 is 0 Å². The summed E-state index contributed by atoms with van der Waals surface area (Å²) in [4.78, 5) is 0. The summed E-state index contributed by atoms with van der Waals surface area (Å²) in [6.45, 7) is 0. The molecule has 1 radical (unpaired) electrons. The molecule has 0 atom stereocenters. The molecule has 0 amide bonds. The molecule has 0 spiro atoms. The van der Waals surface area contributed by atoms with E-state index in [0.717, 1.165) is 5.23 Å². The highest BCUT2D eigenvalue weighted by atomic mass is 35.5. The first-order valence-corrected chi connectivity index (χ1v) is 2.30. The topological polar surface area (TPSA) is 53.6 Å². The summed E-state index contributed by atoms with van der Waals surface area (Å²) in [5.74, 6) is 5.09. The molecule has 0 bridgehead atoms. The van der Waals surface area contributed by atoms with Crippen molar-refractivity contribution in [1.82, 2.24) is 10.7 Å². The number of rotatable bonds is 0. The van der Waals surface area contributed by atoms with Crippen LogP contribution in [0.4, 0.5) is 0 Å². The molecule has 4 nitrogen and oxygen atoms in total. The van der Waals surface area contributed by atoms with Gasteiger partial charge in [0.1, 0.15) is 0 Å². The third-order valence-corrected chi connectivity index (χ3v) is 0.758. The van der Waals surface area contributed by atoms with E-state index in [-0.39, 0.29) is 0 Å². The molecule has 0 aromatic heterocycles. The normalized spacial score (nSPS) is 17.8. The van der Waals surface area contributed by atoms with Gasteiger partial charge in [-0.05, 0) is 0 Å². The first-order chi connectivity index (χ1) is 3.79. The third kappa shape index (κ3) is 1.11. The van der Waals surface area contributed by atoms with Crippen LogP contribution in [0.5, 0.6) is 0 Å². The van der Waals surface area contributed by atoms with Crippen LogP contribution in [-0.2, 0) is 0 Å². The summed E-state index contributed by atoms with van der Waals surface area (Å²) in [6.07, 6.45) is 4.02. The molecule has 1 heterocycles. The Morgan fingerprint density at radius 2 is 2.75 bits per heavy atom. The maximum absolute atomic E-state index is 5.38. The number of allylic oxidation sites excluding steroid dienone is 1. The van der Waals surface area contributed by atoms with E-state index in [1.165, 1.54) is 6.08 Å². The maximum Gasteiger partial charge on any atom is 0.154 e. The van der Waals surface area contributed by atoms with Gasteiger partial charge in [-0.2, -0.15) is 0 Å². The first kappa shape index (κ1) is 5.40. The van der Waals surface area contributed by atoms with Gasteiger partial charge in [0.2, 0.25) is 0 Å². The lowest BCUT2D eigenvalue weighted by atomic mass is 10.6. The van der Waals surface area contributed by atoms with Crippen molar-refractivity contribution in [2.45, 2.75) is 0 Å². The predicted octanol–water partition coefficient (Wildman–Crippen LogP) is -0.451. The monoisotopic (exact) mass is 131 g/mol. The molecule has 0 fully saturated rings. The molecule has 0 aliphatic carbocycles. The number of hydrogen-bond acceptors (Lipinski definition) is 4. The fourth-order valence-electron chi connectivity index (χ4n) is 0.315. The quantitative estimate of drug-likeness (QED) is 0.438. The van der Waals surface area contributed by atoms with Gasteiger partial charge in [-0.15, -0.1) is 10.3 Å². The zero-order valence-corrected chi connectivity index (χ0v) is 4.68. The fourth-order valence-corrected chi connectivity index (χ4v) is 0.451. The second-order valence-electron chi connectivity index (χ2n) is 1.17. The standard InChI is InChI=1S/C3H4ClN4/c4-3-1-2-6-8(5)7-3/h1,6H,5H2. The van der Waals surface area contributed by atoms with Crippen LogP contribution in [0.3, 0.4) is 0 Å². The molecule has 0 aromatic rings. The minimum Gasteiger partial charge on any atom is -0.265 e. The lowest BCUT2D eigenvalue weighted by Crippen LogP contribution is -2.38. The van der Waals surface area contributed by atoms with Gasteiger partial charge in [-0.3, -0.25) is 5.43 Å². The van der Waals surface area contributed by atoms with Gasteiger partial charge in [0.15, 0.2) is 5.17 Å². The molecule has 5 heteroatoms. The number of halogens is 1. The number of hydrogen-bond donors (Lipinski definition) is 2. The molecule has 1 aliphatic heterocycles.